The molecule has 0 aromatic heterocycles. The minimum absolute atomic E-state index is 0.261. The van der Waals surface area contributed by atoms with E-state index in [9.17, 15) is 5.11 Å². The molecule has 2 rings (SSSR count). The van der Waals surface area contributed by atoms with Crippen molar-refractivity contribution in [2.24, 2.45) is 0 Å². The minimum atomic E-state index is -0.393. The summed E-state index contributed by atoms with van der Waals surface area (Å²) in [6, 6.07) is 8.34. The van der Waals surface area contributed by atoms with Crippen molar-refractivity contribution in [1.29, 1.82) is 0 Å². The fourth-order valence-corrected chi connectivity index (χ4v) is 2.96. The maximum Gasteiger partial charge on any atom is 0.0768 e. The van der Waals surface area contributed by atoms with E-state index in [2.05, 4.69) is 50.9 Å². The van der Waals surface area contributed by atoms with Crippen LogP contribution in [0.15, 0.2) is 36.4 Å². The molecule has 2 atom stereocenters. The maximum atomic E-state index is 10.1. The van der Waals surface area contributed by atoms with E-state index in [-0.39, 0.29) is 5.54 Å². The van der Waals surface area contributed by atoms with Gasteiger partial charge in [-0.2, -0.15) is 0 Å². The van der Waals surface area contributed by atoms with E-state index >= 15 is 0 Å². The van der Waals surface area contributed by atoms with Gasteiger partial charge in [0.25, 0.3) is 0 Å². The summed E-state index contributed by atoms with van der Waals surface area (Å²) in [5.74, 6) is 0. The topological polar surface area (TPSA) is 32.3 Å². The van der Waals surface area contributed by atoms with Crippen molar-refractivity contribution in [3.05, 3.63) is 47.5 Å². The molecule has 2 heteroatoms. The number of nitrogens with one attached hydrogen (secondary N) is 1. The Balaban J connectivity index is 0.000000612. The first-order chi connectivity index (χ1) is 9.53. The zero-order chi connectivity index (χ0) is 15.2. The Hall–Kier alpha value is -1.12. The Morgan fingerprint density at radius 1 is 1.35 bits per heavy atom. The van der Waals surface area contributed by atoms with E-state index in [4.69, 9.17) is 0 Å². The van der Waals surface area contributed by atoms with Gasteiger partial charge in [-0.3, -0.25) is 0 Å². The van der Waals surface area contributed by atoms with Crippen LogP contribution in [-0.4, -0.2) is 18.3 Å². The van der Waals surface area contributed by atoms with Gasteiger partial charge in [-0.05, 0) is 49.9 Å². The lowest BCUT2D eigenvalue weighted by Crippen LogP contribution is -2.48. The van der Waals surface area contributed by atoms with Crippen LogP contribution in [0.2, 0.25) is 0 Å². The highest BCUT2D eigenvalue weighted by atomic mass is 16.3. The summed E-state index contributed by atoms with van der Waals surface area (Å²) in [6.07, 6.45) is 3.71. The fraction of sp³-hybridized carbons (Fsp3) is 0.556. The Labute approximate surface area is 123 Å². The van der Waals surface area contributed by atoms with Crippen LogP contribution in [0.1, 0.15) is 50.7 Å². The van der Waals surface area contributed by atoms with Crippen LogP contribution in [0.5, 0.6) is 0 Å². The third-order valence-corrected chi connectivity index (χ3v) is 4.01. The zero-order valence-electron chi connectivity index (χ0n) is 13.4. The molecule has 0 radical (unpaired) electrons. The highest BCUT2D eigenvalue weighted by Gasteiger charge is 2.40. The molecule has 0 spiro atoms. The van der Waals surface area contributed by atoms with Crippen LogP contribution in [0.25, 0.3) is 0 Å². The molecule has 1 aliphatic rings. The average Bonchev–Trinajstić information content (AvgIpc) is 2.44. The molecule has 2 unspecified atom stereocenters. The number of hydrogen-bond donors (Lipinski definition) is 2. The zero-order valence-corrected chi connectivity index (χ0v) is 13.4. The number of aliphatic hydroxyl groups is 1. The van der Waals surface area contributed by atoms with E-state index in [1.165, 1.54) is 17.5 Å². The van der Waals surface area contributed by atoms with Crippen molar-refractivity contribution in [3.63, 3.8) is 0 Å². The summed E-state index contributed by atoms with van der Waals surface area (Å²) < 4.78 is 0. The molecular weight excluding hydrogens is 246 g/mol. The van der Waals surface area contributed by atoms with Crippen LogP contribution < -0.4 is 5.32 Å². The predicted molar refractivity (Wildman–Crippen MR) is 86.9 cm³/mol. The number of rotatable bonds is 2. The number of aliphatic hydroxyl groups excluding tert-OH is 1. The van der Waals surface area contributed by atoms with E-state index in [0.717, 1.165) is 24.8 Å². The number of aryl methyl sites for hydroxylation is 1. The second-order valence-electron chi connectivity index (χ2n) is 5.61. The molecule has 1 aliphatic carbocycles. The molecule has 112 valence electrons. The molecular formula is C18H29NO. The smallest absolute Gasteiger partial charge is 0.0768 e. The molecule has 0 heterocycles. The lowest BCUT2D eigenvalue weighted by Gasteiger charge is -2.42. The third kappa shape index (κ3) is 3.31. The number of likely N-dealkylation sites (N-methyl/N-ethyl adjacent to an activating group) is 1. The van der Waals surface area contributed by atoms with E-state index < -0.39 is 6.10 Å². The first kappa shape index (κ1) is 16.9. The van der Waals surface area contributed by atoms with Crippen LogP contribution >= 0.6 is 0 Å². The quantitative estimate of drug-likeness (QED) is 0.802. The summed E-state index contributed by atoms with van der Waals surface area (Å²) in [5.41, 5.74) is 3.13. The number of benzene rings is 1. The maximum absolute atomic E-state index is 10.1. The van der Waals surface area contributed by atoms with Gasteiger partial charge >= 0.3 is 0 Å². The SMILES string of the molecule is C=C1C(O)CCCC1(NC)c1ccccc1C.CCC. The van der Waals surface area contributed by atoms with E-state index in [0.29, 0.717) is 0 Å². The van der Waals surface area contributed by atoms with E-state index in [1.54, 1.807) is 0 Å². The second-order valence-corrected chi connectivity index (χ2v) is 5.61. The van der Waals surface area contributed by atoms with Crippen molar-refractivity contribution < 1.29 is 5.11 Å². The van der Waals surface area contributed by atoms with Crippen LogP contribution in [0.4, 0.5) is 0 Å². The largest absolute Gasteiger partial charge is 0.389 e. The van der Waals surface area contributed by atoms with Crippen LogP contribution in [0, 0.1) is 6.92 Å². The van der Waals surface area contributed by atoms with Gasteiger partial charge in [-0.25, -0.2) is 0 Å². The Morgan fingerprint density at radius 2 is 1.95 bits per heavy atom. The Morgan fingerprint density at radius 3 is 2.50 bits per heavy atom. The summed E-state index contributed by atoms with van der Waals surface area (Å²) in [5, 5.41) is 13.5. The molecule has 1 fully saturated rings. The molecule has 0 aliphatic heterocycles. The molecule has 20 heavy (non-hydrogen) atoms. The first-order valence-electron chi connectivity index (χ1n) is 7.65. The first-order valence-corrected chi connectivity index (χ1v) is 7.65. The second kappa shape index (κ2) is 7.61. The fourth-order valence-electron chi connectivity index (χ4n) is 2.96. The van der Waals surface area contributed by atoms with Crippen molar-refractivity contribution in [2.45, 2.75) is 58.1 Å². The molecule has 2 nitrogen and oxygen atoms in total. The highest BCUT2D eigenvalue weighted by molar-refractivity contribution is 5.41. The molecule has 0 saturated heterocycles. The Bertz CT molecular complexity index is 441. The number of hydrogen-bond acceptors (Lipinski definition) is 2. The van der Waals surface area contributed by atoms with Gasteiger partial charge in [0.1, 0.15) is 0 Å². The molecule has 1 aromatic rings. The van der Waals surface area contributed by atoms with Crippen molar-refractivity contribution in [2.75, 3.05) is 7.05 Å². The van der Waals surface area contributed by atoms with Gasteiger partial charge in [-0.15, -0.1) is 0 Å². The van der Waals surface area contributed by atoms with Gasteiger partial charge in [0, 0.05) is 0 Å². The Kier molecular flexibility index (Phi) is 6.44. The third-order valence-electron chi connectivity index (χ3n) is 4.01. The normalized spacial score (nSPS) is 25.9. The van der Waals surface area contributed by atoms with Crippen molar-refractivity contribution in [3.8, 4) is 0 Å². The molecule has 1 aromatic carbocycles. The van der Waals surface area contributed by atoms with Gasteiger partial charge in [-0.1, -0.05) is 51.1 Å². The standard InChI is InChI=1S/C15H21NO.C3H8/c1-11-7-4-5-8-13(11)15(16-3)10-6-9-14(17)12(15)2;1-3-2/h4-5,7-8,14,16-17H,2,6,9-10H2,1,3H3;3H2,1-2H3. The van der Waals surface area contributed by atoms with Gasteiger partial charge in [0.2, 0.25) is 0 Å². The van der Waals surface area contributed by atoms with Gasteiger partial charge in [0.15, 0.2) is 0 Å². The summed E-state index contributed by atoms with van der Waals surface area (Å²) in [6.45, 7) is 10.5. The highest BCUT2D eigenvalue weighted by Crippen LogP contribution is 2.41. The summed E-state index contributed by atoms with van der Waals surface area (Å²) >= 11 is 0. The van der Waals surface area contributed by atoms with Crippen LogP contribution in [0.3, 0.4) is 0 Å². The van der Waals surface area contributed by atoms with Gasteiger partial charge < -0.3 is 10.4 Å². The summed E-state index contributed by atoms with van der Waals surface area (Å²) in [7, 11) is 1.95. The van der Waals surface area contributed by atoms with Crippen molar-refractivity contribution in [1.82, 2.24) is 5.32 Å². The molecule has 2 N–H and O–H groups in total. The van der Waals surface area contributed by atoms with E-state index in [1.807, 2.05) is 13.1 Å². The van der Waals surface area contributed by atoms with Gasteiger partial charge in [0.05, 0.1) is 11.6 Å². The monoisotopic (exact) mass is 275 g/mol. The molecule has 1 saturated carbocycles. The summed E-state index contributed by atoms with van der Waals surface area (Å²) in [4.78, 5) is 0. The lowest BCUT2D eigenvalue weighted by molar-refractivity contribution is 0.139. The minimum Gasteiger partial charge on any atom is -0.389 e. The lowest BCUT2D eigenvalue weighted by atomic mass is 9.71. The molecule has 0 amide bonds. The average molecular weight is 275 g/mol. The predicted octanol–water partition coefficient (Wildman–Crippen LogP) is 3.93. The van der Waals surface area contributed by atoms with Crippen molar-refractivity contribution >= 4 is 0 Å². The molecule has 0 bridgehead atoms. The van der Waals surface area contributed by atoms with Crippen LogP contribution in [-0.2, 0) is 5.54 Å².